The van der Waals surface area contributed by atoms with E-state index in [1.54, 1.807) is 0 Å². The average Bonchev–Trinajstić information content (AvgIpc) is 2.11. The van der Waals surface area contributed by atoms with Gasteiger partial charge in [0.05, 0.1) is 0 Å². The van der Waals surface area contributed by atoms with Crippen molar-refractivity contribution in [3.63, 3.8) is 0 Å². The Hall–Kier alpha value is -0.780. The van der Waals surface area contributed by atoms with Crippen molar-refractivity contribution >= 4 is 0 Å². The maximum Gasteiger partial charge on any atom is -0.0142 e. The summed E-state index contributed by atoms with van der Waals surface area (Å²) in [5, 5.41) is 0. The highest BCUT2D eigenvalue weighted by Gasteiger charge is 1.94. The van der Waals surface area contributed by atoms with E-state index in [9.17, 15) is 0 Å². The highest BCUT2D eigenvalue weighted by molar-refractivity contribution is 5.08. The van der Waals surface area contributed by atoms with E-state index < -0.39 is 0 Å². The first-order valence-corrected chi connectivity index (χ1v) is 4.61. The highest BCUT2D eigenvalue weighted by Crippen LogP contribution is 2.14. The fourth-order valence-corrected chi connectivity index (χ4v) is 1.05. The normalized spacial score (nSPS) is 13.2. The zero-order chi connectivity index (χ0) is 9.40. The van der Waals surface area contributed by atoms with Crippen molar-refractivity contribution in [3.05, 3.63) is 36.0 Å². The van der Waals surface area contributed by atoms with Gasteiger partial charge in [-0.05, 0) is 40.0 Å². The first kappa shape index (κ1) is 11.2. The van der Waals surface area contributed by atoms with Gasteiger partial charge in [-0.2, -0.15) is 0 Å². The summed E-state index contributed by atoms with van der Waals surface area (Å²) in [7, 11) is 0. The van der Waals surface area contributed by atoms with Gasteiger partial charge in [-0.3, -0.25) is 0 Å². The standard InChI is InChI=1S/C12H20/c1-5-8-12(7-3)10-9-11(4)6-2/h5-7H,1,8-10H2,2-4H3. The lowest BCUT2D eigenvalue weighted by atomic mass is 10.0. The Morgan fingerprint density at radius 2 is 1.83 bits per heavy atom. The first-order valence-electron chi connectivity index (χ1n) is 4.61. The van der Waals surface area contributed by atoms with Gasteiger partial charge in [-0.25, -0.2) is 0 Å². The predicted octanol–water partition coefficient (Wildman–Crippen LogP) is 4.26. The molecule has 0 spiro atoms. The van der Waals surface area contributed by atoms with Crippen LogP contribution in [0.5, 0.6) is 0 Å². The molecule has 0 aromatic rings. The van der Waals surface area contributed by atoms with Crippen molar-refractivity contribution in [2.45, 2.75) is 40.0 Å². The van der Waals surface area contributed by atoms with Crippen molar-refractivity contribution in [1.82, 2.24) is 0 Å². The smallest absolute Gasteiger partial charge is 0.0142 e. The van der Waals surface area contributed by atoms with Crippen molar-refractivity contribution in [3.8, 4) is 0 Å². The van der Waals surface area contributed by atoms with Gasteiger partial charge in [0, 0.05) is 0 Å². The summed E-state index contributed by atoms with van der Waals surface area (Å²) >= 11 is 0. The van der Waals surface area contributed by atoms with Gasteiger partial charge in [0.2, 0.25) is 0 Å². The van der Waals surface area contributed by atoms with Crippen LogP contribution < -0.4 is 0 Å². The second kappa shape index (κ2) is 6.90. The maximum atomic E-state index is 3.74. The molecule has 0 amide bonds. The molecule has 0 aliphatic carbocycles. The van der Waals surface area contributed by atoms with Crippen LogP contribution in [0.3, 0.4) is 0 Å². The number of hydrogen-bond acceptors (Lipinski definition) is 0. The van der Waals surface area contributed by atoms with Crippen molar-refractivity contribution < 1.29 is 0 Å². The maximum absolute atomic E-state index is 3.74. The summed E-state index contributed by atoms with van der Waals surface area (Å²) < 4.78 is 0. The molecule has 0 atom stereocenters. The monoisotopic (exact) mass is 164 g/mol. The van der Waals surface area contributed by atoms with Crippen LogP contribution in [0.2, 0.25) is 0 Å². The minimum atomic E-state index is 1.04. The lowest BCUT2D eigenvalue weighted by Crippen LogP contribution is -1.83. The minimum Gasteiger partial charge on any atom is -0.103 e. The molecule has 0 heterocycles. The third kappa shape index (κ3) is 4.95. The van der Waals surface area contributed by atoms with E-state index in [1.165, 1.54) is 24.0 Å². The van der Waals surface area contributed by atoms with Gasteiger partial charge in [0.15, 0.2) is 0 Å². The highest BCUT2D eigenvalue weighted by atomic mass is 14.0. The minimum absolute atomic E-state index is 1.04. The molecule has 0 fully saturated rings. The Morgan fingerprint density at radius 3 is 2.25 bits per heavy atom. The molecule has 0 aromatic heterocycles. The van der Waals surface area contributed by atoms with Gasteiger partial charge in [0.25, 0.3) is 0 Å². The quantitative estimate of drug-likeness (QED) is 0.533. The molecule has 68 valence electrons. The molecular weight excluding hydrogens is 144 g/mol. The third-order valence-electron chi connectivity index (χ3n) is 2.15. The zero-order valence-electron chi connectivity index (χ0n) is 8.56. The number of rotatable bonds is 5. The van der Waals surface area contributed by atoms with Crippen molar-refractivity contribution in [1.29, 1.82) is 0 Å². The summed E-state index contributed by atoms with van der Waals surface area (Å²) in [5.41, 5.74) is 2.96. The van der Waals surface area contributed by atoms with Crippen LogP contribution in [0.1, 0.15) is 40.0 Å². The van der Waals surface area contributed by atoms with E-state index >= 15 is 0 Å². The Labute approximate surface area is 76.7 Å². The molecule has 0 aliphatic rings. The van der Waals surface area contributed by atoms with Crippen LogP contribution in [0, 0.1) is 0 Å². The molecule has 0 heteroatoms. The van der Waals surface area contributed by atoms with Crippen molar-refractivity contribution in [2.24, 2.45) is 0 Å². The van der Waals surface area contributed by atoms with E-state index in [0.717, 1.165) is 6.42 Å². The van der Waals surface area contributed by atoms with Gasteiger partial charge < -0.3 is 0 Å². The Balaban J connectivity index is 3.81. The summed E-state index contributed by atoms with van der Waals surface area (Å²) in [6, 6.07) is 0. The lowest BCUT2D eigenvalue weighted by molar-refractivity contribution is 0.893. The number of allylic oxidation sites excluding steroid dienone is 5. The fourth-order valence-electron chi connectivity index (χ4n) is 1.05. The average molecular weight is 164 g/mol. The van der Waals surface area contributed by atoms with Crippen LogP contribution in [0.25, 0.3) is 0 Å². The van der Waals surface area contributed by atoms with E-state index in [-0.39, 0.29) is 0 Å². The second-order valence-electron chi connectivity index (χ2n) is 3.07. The summed E-state index contributed by atoms with van der Waals surface area (Å²) in [6.07, 6.45) is 9.75. The molecular formula is C12H20. The molecule has 0 rings (SSSR count). The largest absolute Gasteiger partial charge is 0.103 e. The first-order chi connectivity index (χ1) is 5.74. The molecule has 0 bridgehead atoms. The van der Waals surface area contributed by atoms with Crippen molar-refractivity contribution in [2.75, 3.05) is 0 Å². The summed E-state index contributed by atoms with van der Waals surface area (Å²) in [4.78, 5) is 0. The van der Waals surface area contributed by atoms with E-state index in [0.29, 0.717) is 0 Å². The van der Waals surface area contributed by atoms with Crippen LogP contribution in [-0.2, 0) is 0 Å². The molecule has 0 unspecified atom stereocenters. The SMILES string of the molecule is C=CCC(=CC)CCC(C)=CC. The summed E-state index contributed by atoms with van der Waals surface area (Å²) in [5.74, 6) is 0. The van der Waals surface area contributed by atoms with Crippen LogP contribution >= 0.6 is 0 Å². The molecule has 0 saturated heterocycles. The molecule has 0 saturated carbocycles. The Bertz CT molecular complexity index is 182. The topological polar surface area (TPSA) is 0 Å². The van der Waals surface area contributed by atoms with Crippen LogP contribution in [0.15, 0.2) is 36.0 Å². The molecule has 0 aromatic carbocycles. The fraction of sp³-hybridized carbons (Fsp3) is 0.500. The predicted molar refractivity (Wildman–Crippen MR) is 57.2 cm³/mol. The Morgan fingerprint density at radius 1 is 1.17 bits per heavy atom. The van der Waals surface area contributed by atoms with Gasteiger partial charge >= 0.3 is 0 Å². The van der Waals surface area contributed by atoms with E-state index in [4.69, 9.17) is 0 Å². The number of hydrogen-bond donors (Lipinski definition) is 0. The Kier molecular flexibility index (Phi) is 6.45. The second-order valence-corrected chi connectivity index (χ2v) is 3.07. The van der Waals surface area contributed by atoms with E-state index in [1.807, 2.05) is 6.08 Å². The van der Waals surface area contributed by atoms with E-state index in [2.05, 4.69) is 39.5 Å². The molecule has 0 N–H and O–H groups in total. The molecule has 0 nitrogen and oxygen atoms in total. The summed E-state index contributed by atoms with van der Waals surface area (Å²) in [6.45, 7) is 10.1. The van der Waals surface area contributed by atoms with Crippen LogP contribution in [0.4, 0.5) is 0 Å². The third-order valence-corrected chi connectivity index (χ3v) is 2.15. The molecule has 0 aliphatic heterocycles. The van der Waals surface area contributed by atoms with Crippen LogP contribution in [-0.4, -0.2) is 0 Å². The molecule has 12 heavy (non-hydrogen) atoms. The van der Waals surface area contributed by atoms with Gasteiger partial charge in [-0.1, -0.05) is 29.4 Å². The van der Waals surface area contributed by atoms with Gasteiger partial charge in [0.1, 0.15) is 0 Å². The molecule has 0 radical (unpaired) electrons. The van der Waals surface area contributed by atoms with Gasteiger partial charge in [-0.15, -0.1) is 6.58 Å². The lowest BCUT2D eigenvalue weighted by Gasteiger charge is -2.03. The zero-order valence-corrected chi connectivity index (χ0v) is 8.56.